The van der Waals surface area contributed by atoms with E-state index in [4.69, 9.17) is 13.6 Å². The summed E-state index contributed by atoms with van der Waals surface area (Å²) in [5.74, 6) is 2.05. The monoisotopic (exact) mass is 384 g/mol. The highest BCUT2D eigenvalue weighted by Crippen LogP contribution is 2.49. The van der Waals surface area contributed by atoms with Crippen molar-refractivity contribution in [2.24, 2.45) is 5.92 Å². The molecule has 3 aromatic carbocycles. The van der Waals surface area contributed by atoms with Gasteiger partial charge in [-0.15, -0.1) is 0 Å². The minimum Gasteiger partial charge on any atom is -0.386 e. The van der Waals surface area contributed by atoms with Crippen molar-refractivity contribution in [1.82, 2.24) is 0 Å². The van der Waals surface area contributed by atoms with Crippen LogP contribution in [0.25, 0.3) is 0 Å². The maximum Gasteiger partial charge on any atom is 0.647 e. The molecular formula is C22H25O4P. The Labute approximate surface area is 161 Å². The molecule has 0 aliphatic heterocycles. The lowest BCUT2D eigenvalue weighted by Gasteiger charge is -2.19. The zero-order valence-corrected chi connectivity index (χ0v) is 16.7. The lowest BCUT2D eigenvalue weighted by atomic mass is 10.3. The molecule has 0 radical (unpaired) electrons. The molecular weight excluding hydrogens is 359 g/mol. The van der Waals surface area contributed by atoms with Gasteiger partial charge in [-0.2, -0.15) is 4.57 Å². The van der Waals surface area contributed by atoms with Crippen LogP contribution >= 0.6 is 7.82 Å². The third kappa shape index (κ3) is 8.02. The summed E-state index contributed by atoms with van der Waals surface area (Å²) in [6.45, 7) is 6.50. The van der Waals surface area contributed by atoms with Gasteiger partial charge in [-0.3, -0.25) is 0 Å². The Morgan fingerprint density at radius 1 is 0.556 bits per heavy atom. The van der Waals surface area contributed by atoms with E-state index in [2.05, 4.69) is 20.8 Å². The summed E-state index contributed by atoms with van der Waals surface area (Å²) in [5, 5.41) is 0. The van der Waals surface area contributed by atoms with Gasteiger partial charge in [0.15, 0.2) is 0 Å². The smallest absolute Gasteiger partial charge is 0.386 e. The van der Waals surface area contributed by atoms with Gasteiger partial charge in [0.1, 0.15) is 17.2 Å². The molecule has 5 heteroatoms. The summed E-state index contributed by atoms with van der Waals surface area (Å²) in [5.41, 5.74) is 0. The van der Waals surface area contributed by atoms with Crippen molar-refractivity contribution in [3.63, 3.8) is 0 Å². The van der Waals surface area contributed by atoms with Crippen LogP contribution in [-0.4, -0.2) is 0 Å². The Hall–Kier alpha value is -2.71. The Kier molecular flexibility index (Phi) is 7.97. The van der Waals surface area contributed by atoms with Gasteiger partial charge in [0.05, 0.1) is 0 Å². The van der Waals surface area contributed by atoms with Crippen LogP contribution in [0.1, 0.15) is 20.8 Å². The first-order valence-corrected chi connectivity index (χ1v) is 10.3. The van der Waals surface area contributed by atoms with E-state index in [1.807, 2.05) is 18.2 Å². The number of para-hydroxylation sites is 3. The van der Waals surface area contributed by atoms with E-state index in [-0.39, 0.29) is 0 Å². The molecule has 0 fully saturated rings. The van der Waals surface area contributed by atoms with Gasteiger partial charge >= 0.3 is 7.82 Å². The maximum atomic E-state index is 13.1. The lowest BCUT2D eigenvalue weighted by molar-refractivity contribution is 0.298. The highest BCUT2D eigenvalue weighted by molar-refractivity contribution is 7.49. The second kappa shape index (κ2) is 10.4. The number of hydrogen-bond donors (Lipinski definition) is 0. The summed E-state index contributed by atoms with van der Waals surface area (Å²) in [4.78, 5) is 0. The van der Waals surface area contributed by atoms with Gasteiger partial charge in [-0.05, 0) is 42.3 Å². The molecule has 0 amide bonds. The molecule has 0 atom stereocenters. The quantitative estimate of drug-likeness (QED) is 0.430. The summed E-state index contributed by atoms with van der Waals surface area (Å²) in [7, 11) is -3.89. The molecule has 3 rings (SSSR count). The van der Waals surface area contributed by atoms with Crippen LogP contribution in [0.3, 0.4) is 0 Å². The maximum absolute atomic E-state index is 13.1. The number of benzene rings is 3. The van der Waals surface area contributed by atoms with Crippen LogP contribution in [0.5, 0.6) is 17.2 Å². The number of phosphoric acid groups is 1. The normalized spacial score (nSPS) is 10.5. The third-order valence-corrected chi connectivity index (χ3v) is 4.18. The van der Waals surface area contributed by atoms with E-state index in [1.54, 1.807) is 72.8 Å². The van der Waals surface area contributed by atoms with Crippen LogP contribution < -0.4 is 13.6 Å². The molecule has 0 saturated carbocycles. The first kappa shape index (κ1) is 20.6. The second-order valence-corrected chi connectivity index (χ2v) is 7.83. The Morgan fingerprint density at radius 2 is 0.778 bits per heavy atom. The van der Waals surface area contributed by atoms with Crippen molar-refractivity contribution in [2.75, 3.05) is 0 Å². The first-order valence-electron chi connectivity index (χ1n) is 8.81. The number of rotatable bonds is 6. The van der Waals surface area contributed by atoms with E-state index >= 15 is 0 Å². The lowest BCUT2D eigenvalue weighted by Crippen LogP contribution is -2.07. The zero-order chi connectivity index (χ0) is 19.5. The minimum absolute atomic E-state index is 0.405. The molecule has 0 saturated heterocycles. The predicted molar refractivity (Wildman–Crippen MR) is 109 cm³/mol. The zero-order valence-electron chi connectivity index (χ0n) is 15.8. The van der Waals surface area contributed by atoms with Crippen LogP contribution in [0.15, 0.2) is 91.0 Å². The molecule has 0 unspecified atom stereocenters. The molecule has 0 heterocycles. The van der Waals surface area contributed by atoms with E-state index in [1.165, 1.54) is 0 Å². The summed E-state index contributed by atoms with van der Waals surface area (Å²) >= 11 is 0. The fraction of sp³-hybridized carbons (Fsp3) is 0.182. The highest BCUT2D eigenvalue weighted by atomic mass is 31.2. The van der Waals surface area contributed by atoms with Crippen molar-refractivity contribution >= 4 is 7.82 Å². The Balaban J connectivity index is 0.000000596. The molecule has 0 aliphatic carbocycles. The molecule has 142 valence electrons. The molecule has 0 N–H and O–H groups in total. The summed E-state index contributed by atoms with van der Waals surface area (Å²) < 4.78 is 29.6. The molecule has 27 heavy (non-hydrogen) atoms. The second-order valence-electron chi connectivity index (χ2n) is 6.39. The van der Waals surface area contributed by atoms with Crippen LogP contribution in [0, 0.1) is 5.92 Å². The van der Waals surface area contributed by atoms with Gasteiger partial charge in [0.2, 0.25) is 0 Å². The Morgan fingerprint density at radius 3 is 1.00 bits per heavy atom. The minimum atomic E-state index is -3.89. The predicted octanol–water partition coefficient (Wildman–Crippen LogP) is 6.99. The van der Waals surface area contributed by atoms with Gasteiger partial charge in [0, 0.05) is 0 Å². The topological polar surface area (TPSA) is 44.8 Å². The van der Waals surface area contributed by atoms with Gasteiger partial charge in [0.25, 0.3) is 0 Å². The Bertz CT molecular complexity index is 710. The first-order chi connectivity index (χ1) is 13.0. The van der Waals surface area contributed by atoms with Crippen LogP contribution in [0.2, 0.25) is 0 Å². The third-order valence-electron chi connectivity index (χ3n) is 2.88. The van der Waals surface area contributed by atoms with E-state index in [9.17, 15) is 4.57 Å². The molecule has 3 aromatic rings. The molecule has 0 aliphatic rings. The van der Waals surface area contributed by atoms with Crippen molar-refractivity contribution in [2.45, 2.75) is 20.8 Å². The number of phosphoric ester groups is 1. The standard InChI is InChI=1S/C18H15O4P.C4H10/c19-23(20-16-10-4-1-5-11-16,21-17-12-6-2-7-13-17)22-18-14-8-3-9-15-18;1-4(2)3/h1-15H;4H,1-3H3. The molecule has 4 nitrogen and oxygen atoms in total. The average Bonchev–Trinajstić information content (AvgIpc) is 2.63. The highest BCUT2D eigenvalue weighted by Gasteiger charge is 2.33. The fourth-order valence-corrected chi connectivity index (χ4v) is 3.14. The largest absolute Gasteiger partial charge is 0.647 e. The fourth-order valence-electron chi connectivity index (χ4n) is 1.89. The van der Waals surface area contributed by atoms with Crippen molar-refractivity contribution in [3.8, 4) is 17.2 Å². The van der Waals surface area contributed by atoms with Crippen molar-refractivity contribution in [3.05, 3.63) is 91.0 Å². The molecule has 0 bridgehead atoms. The van der Waals surface area contributed by atoms with Gasteiger partial charge in [-0.25, -0.2) is 0 Å². The van der Waals surface area contributed by atoms with Gasteiger partial charge < -0.3 is 13.6 Å². The van der Waals surface area contributed by atoms with Crippen molar-refractivity contribution in [1.29, 1.82) is 0 Å². The summed E-state index contributed by atoms with van der Waals surface area (Å²) in [6.07, 6.45) is 0. The van der Waals surface area contributed by atoms with E-state index in [0.717, 1.165) is 5.92 Å². The average molecular weight is 384 g/mol. The van der Waals surface area contributed by atoms with E-state index in [0.29, 0.717) is 17.2 Å². The summed E-state index contributed by atoms with van der Waals surface area (Å²) in [6, 6.07) is 26.4. The number of hydrogen-bond acceptors (Lipinski definition) is 4. The van der Waals surface area contributed by atoms with Crippen molar-refractivity contribution < 1.29 is 18.1 Å². The SMILES string of the molecule is CC(C)C.O=P(Oc1ccccc1)(Oc1ccccc1)Oc1ccccc1. The molecule has 0 aromatic heterocycles. The van der Waals surface area contributed by atoms with Gasteiger partial charge in [-0.1, -0.05) is 75.4 Å². The van der Waals surface area contributed by atoms with Crippen LogP contribution in [-0.2, 0) is 4.57 Å². The van der Waals surface area contributed by atoms with E-state index < -0.39 is 7.82 Å². The van der Waals surface area contributed by atoms with Crippen LogP contribution in [0.4, 0.5) is 0 Å². The molecule has 0 spiro atoms.